The summed E-state index contributed by atoms with van der Waals surface area (Å²) in [6.07, 6.45) is 5.99. The molecule has 0 atom stereocenters. The van der Waals surface area contributed by atoms with Gasteiger partial charge in [-0.15, -0.1) is 0 Å². The molecule has 0 saturated heterocycles. The van der Waals surface area contributed by atoms with E-state index >= 15 is 0 Å². The van der Waals surface area contributed by atoms with E-state index in [9.17, 15) is 0 Å². The summed E-state index contributed by atoms with van der Waals surface area (Å²) in [6, 6.07) is 13.7. The number of fused-ring (bicyclic) bond motifs is 3. The first kappa shape index (κ1) is 12.5. The quantitative estimate of drug-likeness (QED) is 0.599. The minimum Gasteiger partial charge on any atom is -0.0651 e. The predicted molar refractivity (Wildman–Crippen MR) is 82.7 cm³/mol. The first-order valence-corrected chi connectivity index (χ1v) is 7.57. The molecule has 19 heavy (non-hydrogen) atoms. The zero-order chi connectivity index (χ0) is 13.2. The zero-order valence-corrected chi connectivity index (χ0v) is 12.0. The van der Waals surface area contributed by atoms with Crippen molar-refractivity contribution in [1.29, 1.82) is 0 Å². The van der Waals surface area contributed by atoms with Crippen molar-refractivity contribution in [3.8, 4) is 11.1 Å². The Morgan fingerprint density at radius 1 is 0.842 bits per heavy atom. The summed E-state index contributed by atoms with van der Waals surface area (Å²) in [5.41, 5.74) is 9.25. The molecule has 0 aromatic heterocycles. The van der Waals surface area contributed by atoms with E-state index in [1.54, 1.807) is 11.1 Å². The van der Waals surface area contributed by atoms with E-state index in [0.717, 1.165) is 6.42 Å². The fourth-order valence-corrected chi connectivity index (χ4v) is 3.40. The van der Waals surface area contributed by atoms with Gasteiger partial charge in [-0.3, -0.25) is 0 Å². The second-order valence-electron chi connectivity index (χ2n) is 5.57. The summed E-state index contributed by atoms with van der Waals surface area (Å²) in [5.74, 6) is 0. The first-order chi connectivity index (χ1) is 9.35. The molecule has 0 heteroatoms. The number of benzene rings is 2. The molecule has 0 spiro atoms. The summed E-state index contributed by atoms with van der Waals surface area (Å²) in [7, 11) is 0. The highest BCUT2D eigenvalue weighted by Crippen LogP contribution is 2.41. The van der Waals surface area contributed by atoms with Crippen molar-refractivity contribution >= 4 is 0 Å². The lowest BCUT2D eigenvalue weighted by atomic mass is 9.95. The van der Waals surface area contributed by atoms with Gasteiger partial charge in [-0.25, -0.2) is 0 Å². The van der Waals surface area contributed by atoms with Crippen molar-refractivity contribution in [1.82, 2.24) is 0 Å². The van der Waals surface area contributed by atoms with Gasteiger partial charge in [0.25, 0.3) is 0 Å². The molecule has 1 aliphatic rings. The molecule has 1 aliphatic carbocycles. The third-order valence-corrected chi connectivity index (χ3v) is 4.19. The lowest BCUT2D eigenvalue weighted by Crippen LogP contribution is -1.92. The Morgan fingerprint density at radius 3 is 2.32 bits per heavy atom. The average Bonchev–Trinajstić information content (AvgIpc) is 2.80. The van der Waals surface area contributed by atoms with Gasteiger partial charge in [0, 0.05) is 0 Å². The molecule has 3 rings (SSSR count). The molecule has 2 aromatic rings. The molecule has 2 aromatic carbocycles. The minimum absolute atomic E-state index is 1.14. The maximum absolute atomic E-state index is 2.32. The van der Waals surface area contributed by atoms with E-state index in [2.05, 4.69) is 50.2 Å². The molecule has 0 N–H and O–H groups in total. The molecule has 0 heterocycles. The fraction of sp³-hybridized carbons (Fsp3) is 0.368. The van der Waals surface area contributed by atoms with Crippen molar-refractivity contribution in [2.75, 3.05) is 0 Å². The Bertz CT molecular complexity index is 593. The second kappa shape index (κ2) is 5.21. The van der Waals surface area contributed by atoms with Crippen molar-refractivity contribution in [3.05, 3.63) is 58.7 Å². The molecular formula is C19H22. The topological polar surface area (TPSA) is 0 Å². The van der Waals surface area contributed by atoms with Gasteiger partial charge >= 0.3 is 0 Å². The Hall–Kier alpha value is -1.56. The fourth-order valence-electron chi connectivity index (χ4n) is 3.40. The van der Waals surface area contributed by atoms with Crippen LogP contribution >= 0.6 is 0 Å². The van der Waals surface area contributed by atoms with Gasteiger partial charge in [0.1, 0.15) is 0 Å². The zero-order valence-electron chi connectivity index (χ0n) is 12.0. The molecule has 0 nitrogen and oxygen atoms in total. The highest BCUT2D eigenvalue weighted by atomic mass is 14.3. The van der Waals surface area contributed by atoms with E-state index in [0.29, 0.717) is 0 Å². The summed E-state index contributed by atoms with van der Waals surface area (Å²) in [6.45, 7) is 4.53. The Balaban J connectivity index is 2.14. The van der Waals surface area contributed by atoms with Crippen LogP contribution in [0.15, 0.2) is 36.4 Å². The normalized spacial score (nSPS) is 12.3. The Kier molecular flexibility index (Phi) is 3.42. The van der Waals surface area contributed by atoms with Crippen LogP contribution in [0.3, 0.4) is 0 Å². The van der Waals surface area contributed by atoms with Crippen LogP contribution in [0.2, 0.25) is 0 Å². The molecule has 0 radical (unpaired) electrons. The molecular weight excluding hydrogens is 228 g/mol. The second-order valence-corrected chi connectivity index (χ2v) is 5.57. The van der Waals surface area contributed by atoms with Crippen LogP contribution in [0, 0.1) is 0 Å². The average molecular weight is 250 g/mol. The van der Waals surface area contributed by atoms with Crippen LogP contribution < -0.4 is 0 Å². The van der Waals surface area contributed by atoms with Gasteiger partial charge < -0.3 is 0 Å². The summed E-state index contributed by atoms with van der Waals surface area (Å²) >= 11 is 0. The van der Waals surface area contributed by atoms with Gasteiger partial charge in [-0.05, 0) is 52.6 Å². The van der Waals surface area contributed by atoms with Gasteiger partial charge in [0.2, 0.25) is 0 Å². The Morgan fingerprint density at radius 2 is 1.53 bits per heavy atom. The third-order valence-electron chi connectivity index (χ3n) is 4.19. The van der Waals surface area contributed by atoms with Crippen LogP contribution in [0.4, 0.5) is 0 Å². The molecule has 0 amide bonds. The summed E-state index contributed by atoms with van der Waals surface area (Å²) < 4.78 is 0. The van der Waals surface area contributed by atoms with E-state index in [-0.39, 0.29) is 0 Å². The SMILES string of the molecule is CCCc1cccc2c1Cc1cccc(CCC)c1-2. The van der Waals surface area contributed by atoms with Gasteiger partial charge in [-0.1, -0.05) is 63.1 Å². The van der Waals surface area contributed by atoms with E-state index in [1.165, 1.54) is 47.9 Å². The van der Waals surface area contributed by atoms with Crippen LogP contribution in [-0.2, 0) is 19.3 Å². The molecule has 0 fully saturated rings. The minimum atomic E-state index is 1.14. The standard InChI is InChI=1S/C19H22/c1-3-7-14-9-6-12-17-18(14)13-16-11-5-10-15(8-4-2)19(16)17/h5-6,9-12H,3-4,7-8,13H2,1-2H3. The van der Waals surface area contributed by atoms with Crippen molar-refractivity contribution in [3.63, 3.8) is 0 Å². The number of hydrogen-bond donors (Lipinski definition) is 0. The number of rotatable bonds is 4. The predicted octanol–water partition coefficient (Wildman–Crippen LogP) is 5.16. The molecule has 98 valence electrons. The lowest BCUT2D eigenvalue weighted by Gasteiger charge is -2.10. The third kappa shape index (κ3) is 2.10. The lowest BCUT2D eigenvalue weighted by molar-refractivity contribution is 0.908. The van der Waals surface area contributed by atoms with Crippen molar-refractivity contribution in [2.24, 2.45) is 0 Å². The first-order valence-electron chi connectivity index (χ1n) is 7.57. The summed E-state index contributed by atoms with van der Waals surface area (Å²) in [5, 5.41) is 0. The molecule has 0 unspecified atom stereocenters. The maximum atomic E-state index is 2.32. The van der Waals surface area contributed by atoms with Crippen LogP contribution in [0.25, 0.3) is 11.1 Å². The smallest absolute Gasteiger partial charge is 0.00106 e. The van der Waals surface area contributed by atoms with E-state index < -0.39 is 0 Å². The summed E-state index contributed by atoms with van der Waals surface area (Å²) in [4.78, 5) is 0. The van der Waals surface area contributed by atoms with E-state index in [4.69, 9.17) is 0 Å². The maximum Gasteiger partial charge on any atom is -0.00106 e. The highest BCUT2D eigenvalue weighted by molar-refractivity contribution is 5.80. The number of aryl methyl sites for hydroxylation is 2. The van der Waals surface area contributed by atoms with E-state index in [1.807, 2.05) is 0 Å². The number of hydrogen-bond acceptors (Lipinski definition) is 0. The molecule has 0 saturated carbocycles. The van der Waals surface area contributed by atoms with Crippen LogP contribution in [0.1, 0.15) is 48.9 Å². The Labute approximate surface area is 116 Å². The van der Waals surface area contributed by atoms with Gasteiger partial charge in [-0.2, -0.15) is 0 Å². The monoisotopic (exact) mass is 250 g/mol. The largest absolute Gasteiger partial charge is 0.0651 e. The van der Waals surface area contributed by atoms with Crippen molar-refractivity contribution in [2.45, 2.75) is 46.0 Å². The molecule has 0 aliphatic heterocycles. The van der Waals surface area contributed by atoms with Crippen LogP contribution in [-0.4, -0.2) is 0 Å². The van der Waals surface area contributed by atoms with Gasteiger partial charge in [0.05, 0.1) is 0 Å². The van der Waals surface area contributed by atoms with Crippen molar-refractivity contribution < 1.29 is 0 Å². The van der Waals surface area contributed by atoms with Crippen LogP contribution in [0.5, 0.6) is 0 Å². The molecule has 0 bridgehead atoms. The van der Waals surface area contributed by atoms with Gasteiger partial charge in [0.15, 0.2) is 0 Å². The highest BCUT2D eigenvalue weighted by Gasteiger charge is 2.22.